The second kappa shape index (κ2) is 12.5. The Labute approximate surface area is 232 Å². The molecule has 2 heterocycles. The van der Waals surface area contributed by atoms with Crippen molar-refractivity contribution in [1.29, 1.82) is 0 Å². The Bertz CT molecular complexity index is 1220. The van der Waals surface area contributed by atoms with Crippen molar-refractivity contribution in [3.05, 3.63) is 74.7 Å². The van der Waals surface area contributed by atoms with Crippen molar-refractivity contribution in [2.75, 3.05) is 44.2 Å². The number of carbonyl (C=O) groups excluding carboxylic acids is 1. The number of piperazine rings is 1. The van der Waals surface area contributed by atoms with Gasteiger partial charge in [-0.3, -0.25) is 9.69 Å². The highest BCUT2D eigenvalue weighted by atomic mass is 35.5. The van der Waals surface area contributed by atoms with E-state index in [1.165, 1.54) is 0 Å². The molecule has 0 aliphatic carbocycles. The van der Waals surface area contributed by atoms with Crippen LogP contribution in [0.2, 0.25) is 15.1 Å². The van der Waals surface area contributed by atoms with Crippen LogP contribution in [0.1, 0.15) is 35.4 Å². The fraction of sp³-hybridized carbons (Fsp3) is 0.407. The van der Waals surface area contributed by atoms with Gasteiger partial charge in [-0.15, -0.1) is 0 Å². The summed E-state index contributed by atoms with van der Waals surface area (Å²) in [6, 6.07) is 13.1. The summed E-state index contributed by atoms with van der Waals surface area (Å²) >= 11 is 18.6. The number of aliphatic hydroxyl groups is 1. The van der Waals surface area contributed by atoms with E-state index in [9.17, 15) is 9.90 Å². The average Bonchev–Trinajstić information content (AvgIpc) is 3.21. The summed E-state index contributed by atoms with van der Waals surface area (Å²) in [4.78, 5) is 22.0. The summed E-state index contributed by atoms with van der Waals surface area (Å²) < 4.78 is 2.00. The smallest absolute Gasteiger partial charge is 0.271 e. The molecule has 0 bridgehead atoms. The molecule has 3 aromatic rings. The third-order valence-electron chi connectivity index (χ3n) is 6.56. The highest BCUT2D eigenvalue weighted by molar-refractivity contribution is 6.43. The van der Waals surface area contributed by atoms with Crippen molar-refractivity contribution < 1.29 is 9.90 Å². The molecule has 0 spiro atoms. The Morgan fingerprint density at radius 3 is 2.46 bits per heavy atom. The van der Waals surface area contributed by atoms with E-state index < -0.39 is 6.10 Å². The standard InChI is InChI=1S/C27H32Cl3N5O2/c1-3-5-24-32-26(18(2)35(24)20-10-8-19(28)9-11-20)27(37)31-16-21(36)17-33-12-14-34(15-13-33)23-7-4-6-22(29)25(23)30/h4,6-11,21,36H,3,5,12-17H2,1-2H3,(H,31,37). The SMILES string of the molecule is CCCc1nc(C(=O)NCC(O)CN2CCN(c3cccc(Cl)c3Cl)CC2)c(C)n1-c1ccc(Cl)cc1. The number of amides is 1. The van der Waals surface area contributed by atoms with Gasteiger partial charge in [-0.2, -0.15) is 0 Å². The van der Waals surface area contributed by atoms with Crippen molar-refractivity contribution in [3.63, 3.8) is 0 Å². The van der Waals surface area contributed by atoms with Crippen molar-refractivity contribution in [2.45, 2.75) is 32.8 Å². The maximum atomic E-state index is 13.0. The van der Waals surface area contributed by atoms with E-state index in [1.807, 2.05) is 47.9 Å². The van der Waals surface area contributed by atoms with Gasteiger partial charge in [0, 0.05) is 56.4 Å². The number of aromatic nitrogens is 2. The van der Waals surface area contributed by atoms with Crippen LogP contribution in [0.4, 0.5) is 5.69 Å². The number of halogens is 3. The molecule has 7 nitrogen and oxygen atoms in total. The molecule has 0 saturated carbocycles. The number of β-amino-alcohol motifs (C(OH)–C–C–N with tert-alkyl or cyclic N) is 1. The number of anilines is 1. The van der Waals surface area contributed by atoms with Gasteiger partial charge in [0.2, 0.25) is 0 Å². The largest absolute Gasteiger partial charge is 0.390 e. The second-order valence-electron chi connectivity index (χ2n) is 9.25. The van der Waals surface area contributed by atoms with Gasteiger partial charge in [-0.25, -0.2) is 4.98 Å². The van der Waals surface area contributed by atoms with E-state index >= 15 is 0 Å². The van der Waals surface area contributed by atoms with Gasteiger partial charge in [0.25, 0.3) is 5.91 Å². The Hall–Kier alpha value is -2.29. The first-order chi connectivity index (χ1) is 17.8. The number of aryl methyl sites for hydroxylation is 1. The maximum absolute atomic E-state index is 13.0. The lowest BCUT2D eigenvalue weighted by molar-refractivity contribution is 0.0847. The molecule has 1 atom stereocenters. The number of hydrogen-bond donors (Lipinski definition) is 2. The summed E-state index contributed by atoms with van der Waals surface area (Å²) in [6.45, 7) is 7.69. The zero-order valence-electron chi connectivity index (χ0n) is 21.1. The Balaban J connectivity index is 1.33. The molecular formula is C27H32Cl3N5O2. The summed E-state index contributed by atoms with van der Waals surface area (Å²) in [5.41, 5.74) is 2.97. The van der Waals surface area contributed by atoms with Crippen LogP contribution in [0.15, 0.2) is 42.5 Å². The normalized spacial score (nSPS) is 15.1. The molecule has 37 heavy (non-hydrogen) atoms. The number of benzene rings is 2. The van der Waals surface area contributed by atoms with E-state index in [2.05, 4.69) is 27.0 Å². The van der Waals surface area contributed by atoms with Gasteiger partial charge in [0.15, 0.2) is 0 Å². The molecular weight excluding hydrogens is 533 g/mol. The number of nitrogens with zero attached hydrogens (tertiary/aromatic N) is 4. The predicted molar refractivity (Wildman–Crippen MR) is 151 cm³/mol. The molecule has 4 rings (SSSR count). The Morgan fingerprint density at radius 2 is 1.78 bits per heavy atom. The zero-order chi connectivity index (χ0) is 26.5. The van der Waals surface area contributed by atoms with Gasteiger partial charge in [0.05, 0.1) is 27.5 Å². The summed E-state index contributed by atoms with van der Waals surface area (Å²) in [5, 5.41) is 15.3. The van der Waals surface area contributed by atoms with Crippen LogP contribution < -0.4 is 10.2 Å². The highest BCUT2D eigenvalue weighted by Crippen LogP contribution is 2.32. The van der Waals surface area contributed by atoms with Crippen molar-refractivity contribution in [1.82, 2.24) is 19.8 Å². The fourth-order valence-electron chi connectivity index (χ4n) is 4.66. The van der Waals surface area contributed by atoms with Crippen molar-refractivity contribution in [2.24, 2.45) is 0 Å². The molecule has 1 fully saturated rings. The minimum Gasteiger partial charge on any atom is -0.390 e. The van der Waals surface area contributed by atoms with Crippen molar-refractivity contribution >= 4 is 46.4 Å². The fourth-order valence-corrected chi connectivity index (χ4v) is 5.20. The van der Waals surface area contributed by atoms with Gasteiger partial charge in [-0.05, 0) is 49.7 Å². The zero-order valence-corrected chi connectivity index (χ0v) is 23.3. The van der Waals surface area contributed by atoms with Crippen LogP contribution in [-0.4, -0.2) is 70.8 Å². The Morgan fingerprint density at radius 1 is 1.08 bits per heavy atom. The van der Waals surface area contributed by atoms with Crippen LogP contribution >= 0.6 is 34.8 Å². The molecule has 1 amide bonds. The molecule has 1 aliphatic heterocycles. The monoisotopic (exact) mass is 563 g/mol. The van der Waals surface area contributed by atoms with Crippen LogP contribution in [0.3, 0.4) is 0 Å². The number of hydrogen-bond acceptors (Lipinski definition) is 5. The van der Waals surface area contributed by atoms with Crippen LogP contribution in [0.25, 0.3) is 5.69 Å². The number of aliphatic hydroxyl groups excluding tert-OH is 1. The third kappa shape index (κ3) is 6.59. The maximum Gasteiger partial charge on any atom is 0.271 e. The first-order valence-electron chi connectivity index (χ1n) is 12.5. The summed E-state index contributed by atoms with van der Waals surface area (Å²) in [5.74, 6) is 0.535. The van der Waals surface area contributed by atoms with Gasteiger partial charge in [-0.1, -0.05) is 47.8 Å². The lowest BCUT2D eigenvalue weighted by Crippen LogP contribution is -2.50. The first-order valence-corrected chi connectivity index (χ1v) is 13.6. The second-order valence-corrected chi connectivity index (χ2v) is 10.5. The molecule has 0 radical (unpaired) electrons. The average molecular weight is 565 g/mol. The summed E-state index contributed by atoms with van der Waals surface area (Å²) in [7, 11) is 0. The lowest BCUT2D eigenvalue weighted by atomic mass is 10.2. The van der Waals surface area contributed by atoms with Crippen LogP contribution in [0.5, 0.6) is 0 Å². The molecule has 1 saturated heterocycles. The quantitative estimate of drug-likeness (QED) is 0.382. The molecule has 2 aromatic carbocycles. The number of rotatable bonds is 9. The number of carbonyl (C=O) groups is 1. The summed E-state index contributed by atoms with van der Waals surface area (Å²) in [6.07, 6.45) is 0.950. The van der Waals surface area contributed by atoms with E-state index in [-0.39, 0.29) is 12.5 Å². The molecule has 2 N–H and O–H groups in total. The molecule has 1 unspecified atom stereocenters. The minimum atomic E-state index is -0.695. The van der Waals surface area contributed by atoms with Gasteiger partial charge < -0.3 is 19.9 Å². The molecule has 198 valence electrons. The van der Waals surface area contributed by atoms with Crippen molar-refractivity contribution in [3.8, 4) is 5.69 Å². The lowest BCUT2D eigenvalue weighted by Gasteiger charge is -2.37. The van der Waals surface area contributed by atoms with E-state index in [0.717, 1.165) is 61.9 Å². The van der Waals surface area contributed by atoms with E-state index in [4.69, 9.17) is 34.8 Å². The van der Waals surface area contributed by atoms with E-state index in [0.29, 0.717) is 27.3 Å². The van der Waals surface area contributed by atoms with E-state index in [1.54, 1.807) is 6.07 Å². The molecule has 1 aromatic heterocycles. The van der Waals surface area contributed by atoms with Gasteiger partial charge >= 0.3 is 0 Å². The third-order valence-corrected chi connectivity index (χ3v) is 7.62. The molecule has 10 heteroatoms. The highest BCUT2D eigenvalue weighted by Gasteiger charge is 2.23. The first kappa shape index (κ1) is 27.7. The van der Waals surface area contributed by atoms with Crippen LogP contribution in [0, 0.1) is 6.92 Å². The minimum absolute atomic E-state index is 0.148. The Kier molecular flexibility index (Phi) is 9.37. The van der Waals surface area contributed by atoms with Crippen LogP contribution in [-0.2, 0) is 6.42 Å². The predicted octanol–water partition coefficient (Wildman–Crippen LogP) is 5.01. The molecule has 1 aliphatic rings. The van der Waals surface area contributed by atoms with Gasteiger partial charge in [0.1, 0.15) is 11.5 Å². The number of imidazole rings is 1. The number of nitrogens with one attached hydrogen (secondary N) is 1. The topological polar surface area (TPSA) is 73.6 Å².